The highest BCUT2D eigenvalue weighted by molar-refractivity contribution is 7.16. The fourth-order valence-electron chi connectivity index (χ4n) is 2.12. The molecule has 0 amide bonds. The first-order valence-corrected chi connectivity index (χ1v) is 7.07. The van der Waals surface area contributed by atoms with Gasteiger partial charge in [-0.2, -0.15) is 0 Å². The van der Waals surface area contributed by atoms with Crippen molar-refractivity contribution in [1.29, 1.82) is 0 Å². The summed E-state index contributed by atoms with van der Waals surface area (Å²) in [5.74, 6) is 0. The Kier molecular flexibility index (Phi) is 3.77. The Morgan fingerprint density at radius 3 is 3.15 bits per heavy atom. The highest BCUT2D eigenvalue weighted by Crippen LogP contribution is 2.34. The zero-order chi connectivity index (χ0) is 13.9. The molecule has 1 aliphatic rings. The highest BCUT2D eigenvalue weighted by atomic mass is 32.1. The number of ether oxygens (including phenoxy) is 2. The number of benzene rings is 1. The molecule has 2 heterocycles. The van der Waals surface area contributed by atoms with Crippen LogP contribution in [0.3, 0.4) is 0 Å². The molecule has 1 saturated heterocycles. The molecule has 0 bridgehead atoms. The summed E-state index contributed by atoms with van der Waals surface area (Å²) in [4.78, 5) is 14.9. The number of aromatic nitrogens is 1. The predicted octanol–water partition coefficient (Wildman–Crippen LogP) is 2.03. The molecule has 0 saturated carbocycles. The van der Waals surface area contributed by atoms with Crippen molar-refractivity contribution in [3.8, 4) is 0 Å². The van der Waals surface area contributed by atoms with Crippen molar-refractivity contribution >= 4 is 32.9 Å². The van der Waals surface area contributed by atoms with E-state index in [2.05, 4.69) is 10.3 Å². The van der Waals surface area contributed by atoms with Crippen LogP contribution in [-0.4, -0.2) is 42.4 Å². The van der Waals surface area contributed by atoms with Gasteiger partial charge in [0.05, 0.1) is 41.1 Å². The van der Waals surface area contributed by atoms with Gasteiger partial charge in [0.25, 0.3) is 0 Å². The molecule has 3 rings (SSSR count). The summed E-state index contributed by atoms with van der Waals surface area (Å²) in [6.07, 6.45) is -0.0884. The first-order valence-electron chi connectivity index (χ1n) is 6.19. The highest BCUT2D eigenvalue weighted by Gasteiger charge is 2.22. The third kappa shape index (κ3) is 2.58. The quantitative estimate of drug-likeness (QED) is 0.686. The lowest BCUT2D eigenvalue weighted by atomic mass is 10.2. The van der Waals surface area contributed by atoms with Crippen LogP contribution in [0.2, 0.25) is 0 Å². The minimum atomic E-state index is -0.400. The van der Waals surface area contributed by atoms with Gasteiger partial charge in [0.1, 0.15) is 5.69 Å². The average molecular weight is 295 g/mol. The molecule has 1 aromatic carbocycles. The van der Waals surface area contributed by atoms with Crippen LogP contribution >= 0.6 is 11.3 Å². The number of rotatable bonds is 4. The predicted molar refractivity (Wildman–Crippen MR) is 75.3 cm³/mol. The Bertz CT molecular complexity index is 624. The number of hydrogen-bond donors (Lipinski definition) is 1. The van der Waals surface area contributed by atoms with Gasteiger partial charge in [0, 0.05) is 6.54 Å². The molecule has 0 radical (unpaired) electrons. The molecule has 106 valence electrons. The van der Waals surface area contributed by atoms with E-state index in [9.17, 15) is 10.1 Å². The number of anilines is 1. The molecule has 0 spiro atoms. The fraction of sp³-hybridized carbons (Fsp3) is 0.417. The monoisotopic (exact) mass is 295 g/mol. The standard InChI is InChI=1S/C12H13N3O4S/c16-15(17)12-9(1-2-10-11(12)14-7-20-10)13-5-8-6-18-3-4-19-8/h1-2,7-8,13H,3-6H2. The maximum atomic E-state index is 11.3. The lowest BCUT2D eigenvalue weighted by molar-refractivity contribution is -0.382. The minimum Gasteiger partial charge on any atom is -0.377 e. The Morgan fingerprint density at radius 1 is 1.50 bits per heavy atom. The van der Waals surface area contributed by atoms with E-state index in [4.69, 9.17) is 9.47 Å². The van der Waals surface area contributed by atoms with Gasteiger partial charge in [-0.3, -0.25) is 10.1 Å². The summed E-state index contributed by atoms with van der Waals surface area (Å²) >= 11 is 1.39. The van der Waals surface area contributed by atoms with Gasteiger partial charge in [-0.05, 0) is 12.1 Å². The number of thiazole rings is 1. The molecule has 1 aromatic heterocycles. The first-order chi connectivity index (χ1) is 9.75. The second kappa shape index (κ2) is 5.70. The third-order valence-electron chi connectivity index (χ3n) is 3.06. The topological polar surface area (TPSA) is 86.5 Å². The SMILES string of the molecule is O=[N+]([O-])c1c(NCC2COCCO2)ccc2scnc12. The summed E-state index contributed by atoms with van der Waals surface area (Å²) in [5.41, 5.74) is 2.51. The maximum Gasteiger partial charge on any atom is 0.319 e. The second-order valence-corrected chi connectivity index (χ2v) is 5.25. The van der Waals surface area contributed by atoms with Gasteiger partial charge in [-0.1, -0.05) is 0 Å². The molecule has 2 aromatic rings. The number of nitrogens with zero attached hydrogens (tertiary/aromatic N) is 2. The Labute approximate surface area is 118 Å². The van der Waals surface area contributed by atoms with E-state index >= 15 is 0 Å². The van der Waals surface area contributed by atoms with Crippen LogP contribution in [0.1, 0.15) is 0 Å². The van der Waals surface area contributed by atoms with Gasteiger partial charge in [-0.15, -0.1) is 11.3 Å². The van der Waals surface area contributed by atoms with Crippen molar-refractivity contribution in [3.63, 3.8) is 0 Å². The summed E-state index contributed by atoms with van der Waals surface area (Å²) in [6.45, 7) is 2.12. The van der Waals surface area contributed by atoms with Crippen LogP contribution in [0.5, 0.6) is 0 Å². The molecule has 0 aliphatic carbocycles. The smallest absolute Gasteiger partial charge is 0.319 e. The van der Waals surface area contributed by atoms with Crippen molar-refractivity contribution in [3.05, 3.63) is 27.8 Å². The zero-order valence-corrected chi connectivity index (χ0v) is 11.4. The van der Waals surface area contributed by atoms with Crippen molar-refractivity contribution in [2.75, 3.05) is 31.7 Å². The van der Waals surface area contributed by atoms with Crippen molar-refractivity contribution in [2.45, 2.75) is 6.10 Å². The lowest BCUT2D eigenvalue weighted by Crippen LogP contribution is -2.34. The van der Waals surface area contributed by atoms with E-state index in [0.717, 1.165) is 4.70 Å². The van der Waals surface area contributed by atoms with Gasteiger partial charge in [-0.25, -0.2) is 4.98 Å². The van der Waals surface area contributed by atoms with E-state index in [-0.39, 0.29) is 11.8 Å². The van der Waals surface area contributed by atoms with Crippen LogP contribution in [0.25, 0.3) is 10.2 Å². The molecule has 20 heavy (non-hydrogen) atoms. The largest absolute Gasteiger partial charge is 0.377 e. The van der Waals surface area contributed by atoms with Gasteiger partial charge < -0.3 is 14.8 Å². The van der Waals surface area contributed by atoms with Crippen molar-refractivity contribution in [2.24, 2.45) is 0 Å². The van der Waals surface area contributed by atoms with E-state index < -0.39 is 4.92 Å². The number of fused-ring (bicyclic) bond motifs is 1. The molecule has 1 atom stereocenters. The van der Waals surface area contributed by atoms with Crippen LogP contribution in [0, 0.1) is 10.1 Å². The average Bonchev–Trinajstić information content (AvgIpc) is 2.93. The van der Waals surface area contributed by atoms with E-state index in [1.807, 2.05) is 6.07 Å². The van der Waals surface area contributed by atoms with Crippen molar-refractivity contribution < 1.29 is 14.4 Å². The molecule has 7 nitrogen and oxygen atoms in total. The normalized spacial score (nSPS) is 19.1. The van der Waals surface area contributed by atoms with E-state index in [1.54, 1.807) is 11.6 Å². The van der Waals surface area contributed by atoms with Crippen LogP contribution in [0.15, 0.2) is 17.6 Å². The number of nitrogens with one attached hydrogen (secondary N) is 1. The number of hydrogen-bond acceptors (Lipinski definition) is 7. The lowest BCUT2D eigenvalue weighted by Gasteiger charge is -2.23. The van der Waals surface area contributed by atoms with Crippen LogP contribution < -0.4 is 5.32 Å². The Morgan fingerprint density at radius 2 is 2.40 bits per heavy atom. The maximum absolute atomic E-state index is 11.3. The number of nitro groups is 1. The van der Waals surface area contributed by atoms with E-state index in [1.165, 1.54) is 11.3 Å². The fourth-order valence-corrected chi connectivity index (χ4v) is 2.80. The zero-order valence-electron chi connectivity index (χ0n) is 10.6. The first kappa shape index (κ1) is 13.2. The summed E-state index contributed by atoms with van der Waals surface area (Å²) < 4.78 is 11.6. The number of nitro benzene ring substituents is 1. The molecule has 1 aliphatic heterocycles. The van der Waals surface area contributed by atoms with Crippen LogP contribution in [-0.2, 0) is 9.47 Å². The molecule has 1 fully saturated rings. The summed E-state index contributed by atoms with van der Waals surface area (Å²) in [7, 11) is 0. The van der Waals surface area contributed by atoms with Crippen LogP contribution in [0.4, 0.5) is 11.4 Å². The molecule has 1 unspecified atom stereocenters. The minimum absolute atomic E-state index is 0.0143. The summed E-state index contributed by atoms with van der Waals surface area (Å²) in [5, 5.41) is 14.3. The molecule has 1 N–H and O–H groups in total. The second-order valence-electron chi connectivity index (χ2n) is 4.37. The third-order valence-corrected chi connectivity index (χ3v) is 3.86. The Hall–Kier alpha value is -1.77. The molecular formula is C12H13N3O4S. The summed E-state index contributed by atoms with van der Waals surface area (Å²) in [6, 6.07) is 3.54. The van der Waals surface area contributed by atoms with Gasteiger partial charge in [0.2, 0.25) is 0 Å². The van der Waals surface area contributed by atoms with Gasteiger partial charge >= 0.3 is 5.69 Å². The molecule has 8 heteroatoms. The molecular weight excluding hydrogens is 282 g/mol. The van der Waals surface area contributed by atoms with Gasteiger partial charge in [0.15, 0.2) is 5.52 Å². The van der Waals surface area contributed by atoms with E-state index in [0.29, 0.717) is 37.6 Å². The van der Waals surface area contributed by atoms with Crippen molar-refractivity contribution in [1.82, 2.24) is 4.98 Å². The Balaban J connectivity index is 1.82.